The molecule has 2 aromatic rings. The molecule has 2 heterocycles. The average Bonchev–Trinajstić information content (AvgIpc) is 2.75. The van der Waals surface area contributed by atoms with Gasteiger partial charge in [0.2, 0.25) is 0 Å². The summed E-state index contributed by atoms with van der Waals surface area (Å²) in [6.45, 7) is 6.53. The molecule has 0 bridgehead atoms. The van der Waals surface area contributed by atoms with Crippen LogP contribution in [0.2, 0.25) is 5.02 Å². The highest BCUT2D eigenvalue weighted by Gasteiger charge is 2.38. The Morgan fingerprint density at radius 3 is 2.45 bits per heavy atom. The third-order valence-electron chi connectivity index (χ3n) is 6.48. The number of barbiturate groups is 1. The predicted octanol–water partition coefficient (Wildman–Crippen LogP) is 4.74. The molecule has 4 amide bonds. The van der Waals surface area contributed by atoms with Gasteiger partial charge in [-0.1, -0.05) is 18.5 Å². The second kappa shape index (κ2) is 8.23. The first-order valence-corrected chi connectivity index (χ1v) is 11.0. The molecular formula is C25H26ClN3O4. The van der Waals surface area contributed by atoms with Crippen molar-refractivity contribution in [1.82, 2.24) is 5.32 Å². The second-order valence-corrected chi connectivity index (χ2v) is 9.47. The third kappa shape index (κ3) is 3.97. The van der Waals surface area contributed by atoms with Crippen molar-refractivity contribution < 1.29 is 19.1 Å². The van der Waals surface area contributed by atoms with Crippen LogP contribution in [0.15, 0.2) is 42.0 Å². The summed E-state index contributed by atoms with van der Waals surface area (Å²) in [5.74, 6) is -0.615. The molecule has 7 nitrogen and oxygen atoms in total. The van der Waals surface area contributed by atoms with E-state index in [-0.39, 0.29) is 17.0 Å². The number of carbonyl (C=O) groups excluding carboxylic acids is 3. The molecule has 2 aromatic carbocycles. The minimum absolute atomic E-state index is 0.0197. The standard InChI is InChI=1S/C25H26ClN3O4/c1-14-13-25(2,3)28(4)21-12-20(26)15(10-18(14)21)11-19-22(30)27-24(32)29(23(19)31)16-6-8-17(33-5)9-7-16/h6-12,14H,13H2,1-5H3,(H,27,30,32)/b19-11-. The topological polar surface area (TPSA) is 79.0 Å². The quantitative estimate of drug-likeness (QED) is 0.521. The van der Waals surface area contributed by atoms with Crippen molar-refractivity contribution in [1.29, 1.82) is 0 Å². The predicted molar refractivity (Wildman–Crippen MR) is 129 cm³/mol. The number of methoxy groups -OCH3 is 1. The summed E-state index contributed by atoms with van der Waals surface area (Å²) in [5.41, 5.74) is 2.82. The molecule has 0 spiro atoms. The van der Waals surface area contributed by atoms with Crippen LogP contribution in [0.25, 0.3) is 6.08 Å². The SMILES string of the molecule is COc1ccc(N2C(=O)NC(=O)/C(=C/c3cc4c(cc3Cl)N(C)C(C)(C)CC4C)C2=O)cc1. The van der Waals surface area contributed by atoms with Gasteiger partial charge in [-0.2, -0.15) is 0 Å². The number of rotatable bonds is 3. The first-order chi connectivity index (χ1) is 15.5. The lowest BCUT2D eigenvalue weighted by Gasteiger charge is -2.45. The monoisotopic (exact) mass is 467 g/mol. The Bertz CT molecular complexity index is 1190. The number of benzene rings is 2. The van der Waals surface area contributed by atoms with Crippen LogP contribution in [0.5, 0.6) is 5.75 Å². The zero-order chi connectivity index (χ0) is 24.1. The first kappa shape index (κ1) is 22.9. The Morgan fingerprint density at radius 1 is 1.15 bits per heavy atom. The molecule has 1 N–H and O–H groups in total. The van der Waals surface area contributed by atoms with Gasteiger partial charge in [0.15, 0.2) is 0 Å². The lowest BCUT2D eigenvalue weighted by molar-refractivity contribution is -0.122. The molecule has 33 heavy (non-hydrogen) atoms. The number of nitrogens with zero attached hydrogens (tertiary/aromatic N) is 2. The number of urea groups is 1. The highest BCUT2D eigenvalue weighted by molar-refractivity contribution is 6.40. The summed E-state index contributed by atoms with van der Waals surface area (Å²) in [5, 5.41) is 2.66. The van der Waals surface area contributed by atoms with Crippen molar-refractivity contribution in [3.05, 3.63) is 58.1 Å². The van der Waals surface area contributed by atoms with Crippen LogP contribution in [0.4, 0.5) is 16.2 Å². The van der Waals surface area contributed by atoms with Gasteiger partial charge in [0.1, 0.15) is 11.3 Å². The van der Waals surface area contributed by atoms with Crippen molar-refractivity contribution in [2.24, 2.45) is 0 Å². The molecule has 1 atom stereocenters. The smallest absolute Gasteiger partial charge is 0.335 e. The summed E-state index contributed by atoms with van der Waals surface area (Å²) >= 11 is 6.59. The van der Waals surface area contributed by atoms with Gasteiger partial charge in [-0.25, -0.2) is 9.69 Å². The maximum atomic E-state index is 13.2. The van der Waals surface area contributed by atoms with Gasteiger partial charge in [-0.15, -0.1) is 0 Å². The molecule has 1 unspecified atom stereocenters. The maximum absolute atomic E-state index is 13.2. The molecule has 1 fully saturated rings. The number of fused-ring (bicyclic) bond motifs is 1. The van der Waals surface area contributed by atoms with E-state index in [1.54, 1.807) is 24.3 Å². The van der Waals surface area contributed by atoms with E-state index >= 15 is 0 Å². The molecule has 0 aliphatic carbocycles. The van der Waals surface area contributed by atoms with Crippen LogP contribution >= 0.6 is 11.6 Å². The number of amides is 4. The number of nitrogens with one attached hydrogen (secondary N) is 1. The van der Waals surface area contributed by atoms with E-state index in [1.165, 1.54) is 13.2 Å². The van der Waals surface area contributed by atoms with Gasteiger partial charge >= 0.3 is 6.03 Å². The minimum atomic E-state index is -0.804. The molecule has 0 aromatic heterocycles. The van der Waals surface area contributed by atoms with Crippen molar-refractivity contribution in [2.45, 2.75) is 38.6 Å². The molecule has 2 aliphatic rings. The lowest BCUT2D eigenvalue weighted by Crippen LogP contribution is -2.54. The van der Waals surface area contributed by atoms with Gasteiger partial charge in [-0.3, -0.25) is 14.9 Å². The molecule has 8 heteroatoms. The van der Waals surface area contributed by atoms with Crippen molar-refractivity contribution in [3.8, 4) is 5.75 Å². The molecule has 4 rings (SSSR count). The number of anilines is 2. The zero-order valence-corrected chi connectivity index (χ0v) is 20.0. The van der Waals surface area contributed by atoms with Crippen LogP contribution in [0, 0.1) is 0 Å². The maximum Gasteiger partial charge on any atom is 0.335 e. The van der Waals surface area contributed by atoms with Crippen LogP contribution in [-0.4, -0.2) is 37.5 Å². The first-order valence-electron chi connectivity index (χ1n) is 10.7. The van der Waals surface area contributed by atoms with Crippen LogP contribution < -0.4 is 19.9 Å². The van der Waals surface area contributed by atoms with Crippen molar-refractivity contribution >= 4 is 46.9 Å². The van der Waals surface area contributed by atoms with Gasteiger partial charge in [0.05, 0.1) is 12.8 Å². The van der Waals surface area contributed by atoms with Gasteiger partial charge in [0, 0.05) is 23.3 Å². The number of ether oxygens (including phenoxy) is 1. The molecule has 0 saturated carbocycles. The van der Waals surface area contributed by atoms with E-state index < -0.39 is 17.8 Å². The molecular weight excluding hydrogens is 442 g/mol. The zero-order valence-electron chi connectivity index (χ0n) is 19.2. The number of hydrogen-bond acceptors (Lipinski definition) is 5. The molecule has 2 aliphatic heterocycles. The summed E-state index contributed by atoms with van der Waals surface area (Å²) < 4.78 is 5.13. The summed E-state index contributed by atoms with van der Waals surface area (Å²) in [6, 6.07) is 9.42. The average molecular weight is 468 g/mol. The van der Waals surface area contributed by atoms with E-state index in [0.29, 0.717) is 22.0 Å². The van der Waals surface area contributed by atoms with Crippen LogP contribution in [0.1, 0.15) is 44.2 Å². The summed E-state index contributed by atoms with van der Waals surface area (Å²) in [4.78, 5) is 41.4. The number of carbonyl (C=O) groups is 3. The van der Waals surface area contributed by atoms with E-state index in [4.69, 9.17) is 16.3 Å². The highest BCUT2D eigenvalue weighted by Crippen LogP contribution is 2.44. The number of hydrogen-bond donors (Lipinski definition) is 1. The van der Waals surface area contributed by atoms with Gasteiger partial charge < -0.3 is 9.64 Å². The fourth-order valence-corrected chi connectivity index (χ4v) is 4.71. The fourth-order valence-electron chi connectivity index (χ4n) is 4.49. The van der Waals surface area contributed by atoms with Gasteiger partial charge in [0.25, 0.3) is 11.8 Å². The Kier molecular flexibility index (Phi) is 5.70. The third-order valence-corrected chi connectivity index (χ3v) is 6.81. The molecule has 172 valence electrons. The Morgan fingerprint density at radius 2 is 1.82 bits per heavy atom. The van der Waals surface area contributed by atoms with Gasteiger partial charge in [-0.05, 0) is 79.8 Å². The van der Waals surface area contributed by atoms with Crippen LogP contribution in [-0.2, 0) is 9.59 Å². The number of imide groups is 2. The largest absolute Gasteiger partial charge is 0.497 e. The lowest BCUT2D eigenvalue weighted by atomic mass is 9.80. The van der Waals surface area contributed by atoms with Crippen molar-refractivity contribution in [3.63, 3.8) is 0 Å². The molecule has 1 saturated heterocycles. The van der Waals surface area contributed by atoms with E-state index in [2.05, 4.69) is 31.0 Å². The molecule has 0 radical (unpaired) electrons. The minimum Gasteiger partial charge on any atom is -0.497 e. The fraction of sp³-hybridized carbons (Fsp3) is 0.320. The Hall–Kier alpha value is -3.32. The Labute approximate surface area is 198 Å². The summed E-state index contributed by atoms with van der Waals surface area (Å²) in [7, 11) is 3.56. The highest BCUT2D eigenvalue weighted by atomic mass is 35.5. The number of halogens is 1. The van der Waals surface area contributed by atoms with E-state index in [0.717, 1.165) is 22.6 Å². The normalized spacial score (nSPS) is 21.2. The van der Waals surface area contributed by atoms with E-state index in [1.807, 2.05) is 19.2 Å². The van der Waals surface area contributed by atoms with Crippen LogP contribution in [0.3, 0.4) is 0 Å². The Balaban J connectivity index is 1.75. The second-order valence-electron chi connectivity index (χ2n) is 9.07. The van der Waals surface area contributed by atoms with Crippen molar-refractivity contribution in [2.75, 3.05) is 24.0 Å². The summed E-state index contributed by atoms with van der Waals surface area (Å²) in [6.07, 6.45) is 2.41. The van der Waals surface area contributed by atoms with E-state index in [9.17, 15) is 14.4 Å².